The molecule has 6 heteroatoms. The lowest BCUT2D eigenvalue weighted by atomic mass is 10.1. The Balaban J connectivity index is 1.74. The van der Waals surface area contributed by atoms with E-state index >= 15 is 0 Å². The molecule has 1 aromatic carbocycles. The molecule has 3 rings (SSSR count). The highest BCUT2D eigenvalue weighted by molar-refractivity contribution is 5.97. The number of aryl methyl sites for hydroxylation is 1. The molecule has 0 atom stereocenters. The normalized spacial score (nSPS) is 15.1. The minimum absolute atomic E-state index is 0.0197. The molecule has 0 aliphatic carbocycles. The molecule has 2 aromatic rings. The third-order valence-electron chi connectivity index (χ3n) is 5.01. The molecule has 1 aromatic heterocycles. The zero-order chi connectivity index (χ0) is 18.8. The zero-order valence-corrected chi connectivity index (χ0v) is 16.2. The maximum absolute atomic E-state index is 12.9. The number of carbonyl (C=O) groups excluding carboxylic acids is 2. The summed E-state index contributed by atoms with van der Waals surface area (Å²) in [7, 11) is 0. The van der Waals surface area contributed by atoms with Crippen molar-refractivity contribution in [3.05, 3.63) is 29.6 Å². The van der Waals surface area contributed by atoms with Gasteiger partial charge in [-0.05, 0) is 45.4 Å². The van der Waals surface area contributed by atoms with Gasteiger partial charge in [0.2, 0.25) is 5.91 Å². The molecule has 1 saturated heterocycles. The molecule has 0 bridgehead atoms. The number of nitrogens with zero attached hydrogens (tertiary/aromatic N) is 4. The zero-order valence-electron chi connectivity index (χ0n) is 16.2. The Morgan fingerprint density at radius 3 is 2.38 bits per heavy atom. The van der Waals surface area contributed by atoms with E-state index in [4.69, 9.17) is 0 Å². The molecule has 1 fully saturated rings. The van der Waals surface area contributed by atoms with Gasteiger partial charge in [0.15, 0.2) is 0 Å². The lowest BCUT2D eigenvalue weighted by molar-refractivity contribution is -0.132. The first kappa shape index (κ1) is 18.4. The van der Waals surface area contributed by atoms with Crippen LogP contribution in [0.4, 0.5) is 0 Å². The average molecular weight is 356 g/mol. The van der Waals surface area contributed by atoms with E-state index in [9.17, 15) is 9.59 Å². The van der Waals surface area contributed by atoms with Crippen LogP contribution in [0.15, 0.2) is 18.2 Å². The molecule has 0 unspecified atom stereocenters. The lowest BCUT2D eigenvalue weighted by Gasteiger charge is -2.34. The number of benzene rings is 1. The first-order valence-corrected chi connectivity index (χ1v) is 9.48. The highest BCUT2D eigenvalue weighted by atomic mass is 16.2. The van der Waals surface area contributed by atoms with Crippen LogP contribution in [0, 0.1) is 6.92 Å². The Labute approximate surface area is 154 Å². The highest BCUT2D eigenvalue weighted by Gasteiger charge is 2.25. The average Bonchev–Trinajstić information content (AvgIpc) is 2.96. The summed E-state index contributed by atoms with van der Waals surface area (Å²) < 4.78 is 2.18. The third-order valence-corrected chi connectivity index (χ3v) is 5.01. The molecule has 0 saturated carbocycles. The van der Waals surface area contributed by atoms with Crippen LogP contribution in [0.5, 0.6) is 0 Å². The maximum atomic E-state index is 12.9. The van der Waals surface area contributed by atoms with Crippen LogP contribution in [-0.4, -0.2) is 57.3 Å². The second-order valence-corrected chi connectivity index (χ2v) is 7.25. The van der Waals surface area contributed by atoms with Crippen molar-refractivity contribution in [3.63, 3.8) is 0 Å². The summed E-state index contributed by atoms with van der Waals surface area (Å²) in [6.07, 6.45) is 1.45. The quantitative estimate of drug-likeness (QED) is 0.846. The van der Waals surface area contributed by atoms with Crippen LogP contribution in [0.3, 0.4) is 0 Å². The minimum Gasteiger partial charge on any atom is -0.339 e. The van der Waals surface area contributed by atoms with Crippen molar-refractivity contribution in [1.29, 1.82) is 0 Å². The van der Waals surface area contributed by atoms with Crippen LogP contribution in [0.1, 0.15) is 55.8 Å². The third kappa shape index (κ3) is 3.45. The Kier molecular flexibility index (Phi) is 5.30. The summed E-state index contributed by atoms with van der Waals surface area (Å²) in [6, 6.07) is 6.09. The van der Waals surface area contributed by atoms with Gasteiger partial charge in [-0.25, -0.2) is 4.98 Å². The summed E-state index contributed by atoms with van der Waals surface area (Å²) in [4.78, 5) is 33.2. The summed E-state index contributed by atoms with van der Waals surface area (Å²) in [6.45, 7) is 10.7. The lowest BCUT2D eigenvalue weighted by Crippen LogP contribution is -2.50. The van der Waals surface area contributed by atoms with Gasteiger partial charge < -0.3 is 14.4 Å². The Morgan fingerprint density at radius 1 is 1.12 bits per heavy atom. The molecular formula is C20H28N4O2. The van der Waals surface area contributed by atoms with Gasteiger partial charge >= 0.3 is 0 Å². The van der Waals surface area contributed by atoms with E-state index in [0.717, 1.165) is 23.3 Å². The first-order chi connectivity index (χ1) is 12.4. The summed E-state index contributed by atoms with van der Waals surface area (Å²) in [5, 5.41) is 0. The Morgan fingerprint density at radius 2 is 1.77 bits per heavy atom. The molecule has 1 aliphatic rings. The predicted molar refractivity (Wildman–Crippen MR) is 102 cm³/mol. The molecule has 0 radical (unpaired) electrons. The molecule has 0 N–H and O–H groups in total. The summed E-state index contributed by atoms with van der Waals surface area (Å²) in [5.74, 6) is 1.17. The highest BCUT2D eigenvalue weighted by Crippen LogP contribution is 2.22. The van der Waals surface area contributed by atoms with E-state index < -0.39 is 0 Å². The van der Waals surface area contributed by atoms with Gasteiger partial charge in [0.1, 0.15) is 5.82 Å². The van der Waals surface area contributed by atoms with Crippen LogP contribution in [0.25, 0.3) is 11.0 Å². The van der Waals surface area contributed by atoms with E-state index in [1.165, 1.54) is 0 Å². The second kappa shape index (κ2) is 7.48. The van der Waals surface area contributed by atoms with Crippen molar-refractivity contribution in [2.24, 2.45) is 0 Å². The van der Waals surface area contributed by atoms with Crippen molar-refractivity contribution in [2.45, 2.75) is 46.6 Å². The van der Waals surface area contributed by atoms with Crippen LogP contribution < -0.4 is 0 Å². The number of piperazine rings is 1. The van der Waals surface area contributed by atoms with E-state index in [1.807, 2.05) is 41.8 Å². The maximum Gasteiger partial charge on any atom is 0.254 e. The molecule has 140 valence electrons. The standard InChI is InChI=1S/C20H28N4O2/c1-5-6-19(25)22-9-11-23(12-10-22)20(26)16-7-8-18-17(13-16)21-15(4)24(18)14(2)3/h7-8,13-14H,5-6,9-12H2,1-4H3. The number of aromatic nitrogens is 2. The van der Waals surface area contributed by atoms with Gasteiger partial charge in [0.05, 0.1) is 11.0 Å². The number of imidazole rings is 1. The monoisotopic (exact) mass is 356 g/mol. The van der Waals surface area contributed by atoms with Gasteiger partial charge in [0, 0.05) is 44.2 Å². The molecular weight excluding hydrogens is 328 g/mol. The van der Waals surface area contributed by atoms with Crippen LogP contribution in [-0.2, 0) is 4.79 Å². The largest absolute Gasteiger partial charge is 0.339 e. The minimum atomic E-state index is 0.0197. The fraction of sp³-hybridized carbons (Fsp3) is 0.550. The van der Waals surface area contributed by atoms with Crippen molar-refractivity contribution in [2.75, 3.05) is 26.2 Å². The second-order valence-electron chi connectivity index (χ2n) is 7.25. The molecule has 2 amide bonds. The summed E-state index contributed by atoms with van der Waals surface area (Å²) in [5.41, 5.74) is 2.59. The van der Waals surface area contributed by atoms with Crippen LogP contribution in [0.2, 0.25) is 0 Å². The molecule has 6 nitrogen and oxygen atoms in total. The Hall–Kier alpha value is -2.37. The Bertz CT molecular complexity index is 817. The smallest absolute Gasteiger partial charge is 0.254 e. The van der Waals surface area contributed by atoms with Crippen molar-refractivity contribution >= 4 is 22.8 Å². The molecule has 0 spiro atoms. The van der Waals surface area contributed by atoms with Gasteiger partial charge in [-0.2, -0.15) is 0 Å². The number of amides is 2. The fourth-order valence-corrected chi connectivity index (χ4v) is 3.72. The van der Waals surface area contributed by atoms with E-state index in [-0.39, 0.29) is 11.8 Å². The van der Waals surface area contributed by atoms with Crippen molar-refractivity contribution in [3.8, 4) is 0 Å². The SMILES string of the molecule is CCCC(=O)N1CCN(C(=O)c2ccc3c(c2)nc(C)n3C(C)C)CC1. The molecule has 2 heterocycles. The van der Waals surface area contributed by atoms with Crippen molar-refractivity contribution < 1.29 is 9.59 Å². The topological polar surface area (TPSA) is 58.4 Å². The number of fused-ring (bicyclic) bond motifs is 1. The first-order valence-electron chi connectivity index (χ1n) is 9.48. The molecule has 1 aliphatic heterocycles. The summed E-state index contributed by atoms with van der Waals surface area (Å²) >= 11 is 0. The van der Waals surface area contributed by atoms with Gasteiger partial charge in [0.25, 0.3) is 5.91 Å². The van der Waals surface area contributed by atoms with Gasteiger partial charge in [-0.15, -0.1) is 0 Å². The van der Waals surface area contributed by atoms with E-state index in [1.54, 1.807) is 0 Å². The van der Waals surface area contributed by atoms with E-state index in [2.05, 4.69) is 23.4 Å². The number of hydrogen-bond donors (Lipinski definition) is 0. The number of rotatable bonds is 4. The van der Waals surface area contributed by atoms with Gasteiger partial charge in [-0.1, -0.05) is 6.92 Å². The van der Waals surface area contributed by atoms with Gasteiger partial charge in [-0.3, -0.25) is 9.59 Å². The predicted octanol–water partition coefficient (Wildman–Crippen LogP) is 3.01. The van der Waals surface area contributed by atoms with Crippen LogP contribution >= 0.6 is 0 Å². The number of carbonyl (C=O) groups is 2. The number of hydrogen-bond acceptors (Lipinski definition) is 3. The van der Waals surface area contributed by atoms with Crippen molar-refractivity contribution in [1.82, 2.24) is 19.4 Å². The van der Waals surface area contributed by atoms with E-state index in [0.29, 0.717) is 44.2 Å². The fourth-order valence-electron chi connectivity index (χ4n) is 3.72. The molecule has 26 heavy (non-hydrogen) atoms.